The molecule has 0 aliphatic heterocycles. The Hall–Kier alpha value is -1.31. The number of carbonyl (C=O) groups excluding carboxylic acids is 1. The molecule has 20 heavy (non-hydrogen) atoms. The average molecular weight is 276 g/mol. The van der Waals surface area contributed by atoms with E-state index in [1.165, 1.54) is 38.5 Å². The molecule has 1 aromatic rings. The Kier molecular flexibility index (Phi) is 8.77. The highest BCUT2D eigenvalue weighted by molar-refractivity contribution is 5.89. The molecule has 1 atom stereocenters. The number of ether oxygens (including phenoxy) is 1. The second-order valence-corrected chi connectivity index (χ2v) is 5.60. The van der Waals surface area contributed by atoms with Crippen molar-refractivity contribution >= 4 is 5.97 Å². The van der Waals surface area contributed by atoms with Gasteiger partial charge in [-0.25, -0.2) is 4.79 Å². The Labute approximate surface area is 123 Å². The van der Waals surface area contributed by atoms with E-state index in [9.17, 15) is 4.79 Å². The van der Waals surface area contributed by atoms with Gasteiger partial charge in [-0.1, -0.05) is 70.6 Å². The summed E-state index contributed by atoms with van der Waals surface area (Å²) in [5.41, 5.74) is 0.639. The fourth-order valence-corrected chi connectivity index (χ4v) is 2.25. The van der Waals surface area contributed by atoms with Crippen LogP contribution in [0.25, 0.3) is 0 Å². The van der Waals surface area contributed by atoms with Crippen LogP contribution in [0.2, 0.25) is 0 Å². The second kappa shape index (κ2) is 10.5. The van der Waals surface area contributed by atoms with E-state index < -0.39 is 0 Å². The number of hydrogen-bond donors (Lipinski definition) is 0. The van der Waals surface area contributed by atoms with E-state index in [0.29, 0.717) is 18.1 Å². The topological polar surface area (TPSA) is 26.3 Å². The molecule has 1 rings (SSSR count). The molecule has 0 N–H and O–H groups in total. The lowest BCUT2D eigenvalue weighted by molar-refractivity contribution is 0.0483. The van der Waals surface area contributed by atoms with E-state index >= 15 is 0 Å². The lowest BCUT2D eigenvalue weighted by Gasteiger charge is -2.11. The highest BCUT2D eigenvalue weighted by Crippen LogP contribution is 2.14. The van der Waals surface area contributed by atoms with E-state index in [-0.39, 0.29) is 5.97 Å². The maximum atomic E-state index is 11.7. The standard InChI is InChI=1S/C18H28O2/c1-3-4-5-6-8-11-16(2)14-15-20-18(19)17-12-9-7-10-13-17/h7,9-10,12-13,16H,3-6,8,11,14-15H2,1-2H3. The van der Waals surface area contributed by atoms with Crippen LogP contribution < -0.4 is 0 Å². The predicted octanol–water partition coefficient (Wildman–Crippen LogP) is 5.23. The highest BCUT2D eigenvalue weighted by atomic mass is 16.5. The van der Waals surface area contributed by atoms with Crippen molar-refractivity contribution in [2.75, 3.05) is 6.61 Å². The first-order chi connectivity index (χ1) is 9.74. The van der Waals surface area contributed by atoms with Crippen molar-refractivity contribution in [3.05, 3.63) is 35.9 Å². The Morgan fingerprint density at radius 3 is 2.45 bits per heavy atom. The van der Waals surface area contributed by atoms with Crippen LogP contribution in [0.15, 0.2) is 30.3 Å². The lowest BCUT2D eigenvalue weighted by atomic mass is 9.99. The van der Waals surface area contributed by atoms with Gasteiger partial charge in [-0.15, -0.1) is 0 Å². The lowest BCUT2D eigenvalue weighted by Crippen LogP contribution is -2.09. The largest absolute Gasteiger partial charge is 0.462 e. The third kappa shape index (κ3) is 7.32. The summed E-state index contributed by atoms with van der Waals surface area (Å²) in [6, 6.07) is 9.20. The third-order valence-corrected chi connectivity index (χ3v) is 3.65. The highest BCUT2D eigenvalue weighted by Gasteiger charge is 2.07. The van der Waals surface area contributed by atoms with Crippen LogP contribution >= 0.6 is 0 Å². The number of benzene rings is 1. The van der Waals surface area contributed by atoms with Gasteiger partial charge in [-0.05, 0) is 24.5 Å². The molecule has 0 aromatic heterocycles. The fourth-order valence-electron chi connectivity index (χ4n) is 2.25. The summed E-state index contributed by atoms with van der Waals surface area (Å²) in [7, 11) is 0. The summed E-state index contributed by atoms with van der Waals surface area (Å²) in [5.74, 6) is 0.431. The third-order valence-electron chi connectivity index (χ3n) is 3.65. The van der Waals surface area contributed by atoms with Gasteiger partial charge in [-0.3, -0.25) is 0 Å². The van der Waals surface area contributed by atoms with Gasteiger partial charge in [0.25, 0.3) is 0 Å². The molecule has 1 aromatic carbocycles. The van der Waals surface area contributed by atoms with Crippen LogP contribution in [0.4, 0.5) is 0 Å². The molecule has 2 nitrogen and oxygen atoms in total. The number of unbranched alkanes of at least 4 members (excludes halogenated alkanes) is 4. The number of hydrogen-bond acceptors (Lipinski definition) is 2. The first-order valence-corrected chi connectivity index (χ1v) is 7.96. The molecule has 0 radical (unpaired) electrons. The molecule has 0 fully saturated rings. The van der Waals surface area contributed by atoms with Crippen LogP contribution in [0.3, 0.4) is 0 Å². The normalized spacial score (nSPS) is 12.1. The summed E-state index contributed by atoms with van der Waals surface area (Å²) >= 11 is 0. The van der Waals surface area contributed by atoms with Gasteiger partial charge in [0.05, 0.1) is 12.2 Å². The molecule has 2 heteroatoms. The summed E-state index contributed by atoms with van der Waals surface area (Å²) in [5, 5.41) is 0. The molecule has 112 valence electrons. The fraction of sp³-hybridized carbons (Fsp3) is 0.611. The van der Waals surface area contributed by atoms with Gasteiger partial charge >= 0.3 is 5.97 Å². The molecule has 0 spiro atoms. The van der Waals surface area contributed by atoms with Crippen molar-refractivity contribution in [1.29, 1.82) is 0 Å². The van der Waals surface area contributed by atoms with Gasteiger partial charge in [0.15, 0.2) is 0 Å². The Morgan fingerprint density at radius 2 is 1.75 bits per heavy atom. The van der Waals surface area contributed by atoms with Gasteiger partial charge in [-0.2, -0.15) is 0 Å². The van der Waals surface area contributed by atoms with Crippen LogP contribution in [-0.2, 0) is 4.74 Å². The molecule has 1 unspecified atom stereocenters. The molecule has 0 bridgehead atoms. The van der Waals surface area contributed by atoms with Crippen LogP contribution in [0.5, 0.6) is 0 Å². The number of rotatable bonds is 10. The Morgan fingerprint density at radius 1 is 1.05 bits per heavy atom. The smallest absolute Gasteiger partial charge is 0.338 e. The van der Waals surface area contributed by atoms with E-state index in [2.05, 4.69) is 13.8 Å². The minimum atomic E-state index is -0.208. The van der Waals surface area contributed by atoms with Crippen LogP contribution in [-0.4, -0.2) is 12.6 Å². The average Bonchev–Trinajstić information content (AvgIpc) is 2.48. The first kappa shape index (κ1) is 16.7. The SMILES string of the molecule is CCCCCCCC(C)CCOC(=O)c1ccccc1. The molecule has 0 saturated carbocycles. The van der Waals surface area contributed by atoms with Crippen LogP contribution in [0.1, 0.15) is 69.2 Å². The van der Waals surface area contributed by atoms with Gasteiger partial charge in [0.1, 0.15) is 0 Å². The van der Waals surface area contributed by atoms with Crippen molar-refractivity contribution in [2.45, 2.75) is 58.8 Å². The van der Waals surface area contributed by atoms with Gasteiger partial charge in [0.2, 0.25) is 0 Å². The summed E-state index contributed by atoms with van der Waals surface area (Å²) in [6.45, 7) is 5.02. The van der Waals surface area contributed by atoms with Crippen molar-refractivity contribution in [3.8, 4) is 0 Å². The molecule has 0 heterocycles. The zero-order valence-corrected chi connectivity index (χ0v) is 12.9. The quantitative estimate of drug-likeness (QED) is 0.432. The zero-order valence-electron chi connectivity index (χ0n) is 12.9. The molecule has 0 amide bonds. The first-order valence-electron chi connectivity index (χ1n) is 7.96. The monoisotopic (exact) mass is 276 g/mol. The van der Waals surface area contributed by atoms with E-state index in [1.807, 2.05) is 18.2 Å². The van der Waals surface area contributed by atoms with Crippen molar-refractivity contribution in [1.82, 2.24) is 0 Å². The molecular weight excluding hydrogens is 248 g/mol. The maximum Gasteiger partial charge on any atom is 0.338 e. The summed E-state index contributed by atoms with van der Waals surface area (Å²) < 4.78 is 5.30. The van der Waals surface area contributed by atoms with Crippen molar-refractivity contribution < 1.29 is 9.53 Å². The zero-order chi connectivity index (χ0) is 14.6. The van der Waals surface area contributed by atoms with Crippen molar-refractivity contribution in [3.63, 3.8) is 0 Å². The minimum absolute atomic E-state index is 0.208. The Bertz CT molecular complexity index is 359. The van der Waals surface area contributed by atoms with Gasteiger partial charge in [0, 0.05) is 0 Å². The van der Waals surface area contributed by atoms with E-state index in [1.54, 1.807) is 12.1 Å². The van der Waals surface area contributed by atoms with Gasteiger partial charge < -0.3 is 4.74 Å². The molecule has 0 saturated heterocycles. The number of carbonyl (C=O) groups is 1. The Balaban J connectivity index is 2.07. The minimum Gasteiger partial charge on any atom is -0.462 e. The molecule has 0 aliphatic carbocycles. The van der Waals surface area contributed by atoms with Crippen molar-refractivity contribution in [2.24, 2.45) is 5.92 Å². The summed E-state index contributed by atoms with van der Waals surface area (Å²) in [6.07, 6.45) is 8.84. The molecule has 0 aliphatic rings. The molecular formula is C18H28O2. The summed E-state index contributed by atoms with van der Waals surface area (Å²) in [4.78, 5) is 11.7. The van der Waals surface area contributed by atoms with E-state index in [0.717, 1.165) is 6.42 Å². The van der Waals surface area contributed by atoms with E-state index in [4.69, 9.17) is 4.74 Å². The van der Waals surface area contributed by atoms with Crippen LogP contribution in [0, 0.1) is 5.92 Å². The second-order valence-electron chi connectivity index (χ2n) is 5.60. The number of esters is 1. The maximum absolute atomic E-state index is 11.7. The predicted molar refractivity (Wildman–Crippen MR) is 83.9 cm³/mol.